The Hall–Kier alpha value is -2.61. The zero-order valence-electron chi connectivity index (χ0n) is 20.4. The fraction of sp³-hybridized carbons (Fsp3) is 0.519. The molecule has 0 spiro atoms. The lowest BCUT2D eigenvalue weighted by Gasteiger charge is -2.41. The van der Waals surface area contributed by atoms with Crippen LogP contribution in [0.3, 0.4) is 0 Å². The molecule has 3 rings (SSSR count). The second-order valence-corrected chi connectivity index (χ2v) is 9.73. The Morgan fingerprint density at radius 1 is 1.03 bits per heavy atom. The molecule has 0 saturated carbocycles. The molecule has 7 nitrogen and oxygen atoms in total. The molecule has 1 amide bonds. The highest BCUT2D eigenvalue weighted by molar-refractivity contribution is 5.68. The average molecular weight is 472 g/mol. The summed E-state index contributed by atoms with van der Waals surface area (Å²) in [6, 6.07) is 17.6. The maximum Gasteiger partial charge on any atom is 0.410 e. The van der Waals surface area contributed by atoms with Crippen LogP contribution in [0.1, 0.15) is 44.2 Å². The predicted molar refractivity (Wildman–Crippen MR) is 130 cm³/mol. The van der Waals surface area contributed by atoms with E-state index in [-0.39, 0.29) is 25.0 Å². The first-order chi connectivity index (χ1) is 16.3. The SMILES string of the molecule is CC(C)(C)OC(=O)N1CC(O)C(c2ccc(OCCCOCc3ccccc3)cc2)C(CO)C1. The molecular weight excluding hydrogens is 434 g/mol. The van der Waals surface area contributed by atoms with E-state index in [9.17, 15) is 15.0 Å². The van der Waals surface area contributed by atoms with Crippen LogP contribution in [-0.2, 0) is 16.1 Å². The Balaban J connectivity index is 1.47. The zero-order chi connectivity index (χ0) is 24.6. The summed E-state index contributed by atoms with van der Waals surface area (Å²) in [5.74, 6) is 0.182. The predicted octanol–water partition coefficient (Wildman–Crippen LogP) is 3.98. The quantitative estimate of drug-likeness (QED) is 0.538. The molecule has 34 heavy (non-hydrogen) atoms. The number of hydrogen-bond donors (Lipinski definition) is 2. The Labute approximate surface area is 202 Å². The van der Waals surface area contributed by atoms with E-state index in [2.05, 4.69) is 0 Å². The second-order valence-electron chi connectivity index (χ2n) is 9.73. The first-order valence-corrected chi connectivity index (χ1v) is 11.9. The van der Waals surface area contributed by atoms with Crippen molar-refractivity contribution in [1.82, 2.24) is 4.90 Å². The minimum absolute atomic E-state index is 0.137. The standard InChI is InChI=1S/C27H37NO6/c1-27(2,3)34-26(31)28-16-22(18-29)25(24(30)17-28)21-10-12-23(13-11-21)33-15-7-14-32-19-20-8-5-4-6-9-20/h4-6,8-13,22,24-25,29-30H,7,14-19H2,1-3H3. The molecule has 1 heterocycles. The van der Waals surface area contributed by atoms with Crippen molar-refractivity contribution in [3.05, 3.63) is 65.7 Å². The molecule has 1 saturated heterocycles. The van der Waals surface area contributed by atoms with Gasteiger partial charge in [-0.3, -0.25) is 0 Å². The minimum Gasteiger partial charge on any atom is -0.494 e. The van der Waals surface area contributed by atoms with Crippen molar-refractivity contribution in [2.24, 2.45) is 5.92 Å². The summed E-state index contributed by atoms with van der Waals surface area (Å²) in [4.78, 5) is 13.9. The number of nitrogens with zero attached hydrogens (tertiary/aromatic N) is 1. The van der Waals surface area contributed by atoms with Gasteiger partial charge in [0.05, 0.1) is 32.5 Å². The van der Waals surface area contributed by atoms with Crippen LogP contribution in [-0.4, -0.2) is 65.8 Å². The molecule has 1 aliphatic heterocycles. The molecule has 0 bridgehead atoms. The second kappa shape index (κ2) is 12.2. The number of aliphatic hydroxyl groups is 2. The minimum atomic E-state index is -0.799. The third-order valence-electron chi connectivity index (χ3n) is 5.75. The van der Waals surface area contributed by atoms with Crippen molar-refractivity contribution in [3.63, 3.8) is 0 Å². The molecule has 0 radical (unpaired) electrons. The van der Waals surface area contributed by atoms with Crippen LogP contribution < -0.4 is 4.74 Å². The lowest BCUT2D eigenvalue weighted by atomic mass is 9.79. The van der Waals surface area contributed by atoms with Crippen molar-refractivity contribution < 1.29 is 29.2 Å². The first kappa shape index (κ1) is 26.0. The molecule has 186 valence electrons. The molecule has 0 aliphatic carbocycles. The number of carbonyl (C=O) groups is 1. The number of rotatable bonds is 9. The van der Waals surface area contributed by atoms with Gasteiger partial charge in [-0.05, 0) is 44.0 Å². The van der Waals surface area contributed by atoms with Gasteiger partial charge >= 0.3 is 6.09 Å². The maximum absolute atomic E-state index is 12.4. The molecule has 1 aliphatic rings. The van der Waals surface area contributed by atoms with Crippen LogP contribution in [0.4, 0.5) is 4.79 Å². The van der Waals surface area contributed by atoms with Crippen LogP contribution in [0.2, 0.25) is 0 Å². The first-order valence-electron chi connectivity index (χ1n) is 11.9. The van der Waals surface area contributed by atoms with Crippen molar-refractivity contribution in [3.8, 4) is 5.75 Å². The highest BCUT2D eigenvalue weighted by Gasteiger charge is 2.39. The fourth-order valence-corrected chi connectivity index (χ4v) is 4.17. The average Bonchev–Trinajstić information content (AvgIpc) is 2.81. The summed E-state index contributed by atoms with van der Waals surface area (Å²) < 4.78 is 16.9. The molecule has 0 aromatic heterocycles. The lowest BCUT2D eigenvalue weighted by molar-refractivity contribution is -0.0245. The summed E-state index contributed by atoms with van der Waals surface area (Å²) >= 11 is 0. The van der Waals surface area contributed by atoms with E-state index in [4.69, 9.17) is 14.2 Å². The zero-order valence-corrected chi connectivity index (χ0v) is 20.4. The number of benzene rings is 2. The van der Waals surface area contributed by atoms with Gasteiger partial charge in [0.1, 0.15) is 11.4 Å². The van der Waals surface area contributed by atoms with Crippen molar-refractivity contribution in [2.75, 3.05) is 32.9 Å². The van der Waals surface area contributed by atoms with Gasteiger partial charge < -0.3 is 29.3 Å². The van der Waals surface area contributed by atoms with E-state index < -0.39 is 17.8 Å². The smallest absolute Gasteiger partial charge is 0.410 e. The van der Waals surface area contributed by atoms with Crippen LogP contribution in [0.25, 0.3) is 0 Å². The van der Waals surface area contributed by atoms with E-state index in [1.807, 2.05) is 54.6 Å². The van der Waals surface area contributed by atoms with E-state index in [0.717, 1.165) is 23.3 Å². The molecule has 2 aromatic rings. The number of piperidine rings is 1. The number of carbonyl (C=O) groups excluding carboxylic acids is 1. The van der Waals surface area contributed by atoms with Gasteiger partial charge in [0, 0.05) is 31.4 Å². The lowest BCUT2D eigenvalue weighted by Crippen LogP contribution is -2.52. The summed E-state index contributed by atoms with van der Waals surface area (Å²) in [6.07, 6.45) is -0.491. The number of likely N-dealkylation sites (tertiary alicyclic amines) is 1. The number of aliphatic hydroxyl groups excluding tert-OH is 2. The number of amides is 1. The van der Waals surface area contributed by atoms with Crippen LogP contribution in [0.5, 0.6) is 5.75 Å². The van der Waals surface area contributed by atoms with E-state index >= 15 is 0 Å². The summed E-state index contributed by atoms with van der Waals surface area (Å²) in [6.45, 7) is 7.53. The fourth-order valence-electron chi connectivity index (χ4n) is 4.17. The van der Waals surface area contributed by atoms with Crippen LogP contribution in [0.15, 0.2) is 54.6 Å². The van der Waals surface area contributed by atoms with Crippen LogP contribution in [0, 0.1) is 5.92 Å². The van der Waals surface area contributed by atoms with E-state index in [1.165, 1.54) is 4.90 Å². The van der Waals surface area contributed by atoms with Gasteiger partial charge in [-0.25, -0.2) is 4.79 Å². The van der Waals surface area contributed by atoms with E-state index in [1.54, 1.807) is 20.8 Å². The van der Waals surface area contributed by atoms with Gasteiger partial charge in [0.15, 0.2) is 0 Å². The highest BCUT2D eigenvalue weighted by atomic mass is 16.6. The third-order valence-corrected chi connectivity index (χ3v) is 5.75. The van der Waals surface area contributed by atoms with Crippen LogP contribution >= 0.6 is 0 Å². The number of ether oxygens (including phenoxy) is 3. The molecule has 3 unspecified atom stereocenters. The summed E-state index contributed by atoms with van der Waals surface area (Å²) in [5, 5.41) is 20.8. The Kier molecular flexibility index (Phi) is 9.33. The molecule has 2 aromatic carbocycles. The summed E-state index contributed by atoms with van der Waals surface area (Å²) in [5.41, 5.74) is 1.45. The normalized spacial score (nSPS) is 20.7. The number of β-amino-alcohol motifs (C(OH)–C–C–N with tert-alkyl or cyclic N) is 1. The Morgan fingerprint density at radius 2 is 1.74 bits per heavy atom. The van der Waals surface area contributed by atoms with E-state index in [0.29, 0.717) is 26.4 Å². The topological polar surface area (TPSA) is 88.5 Å². The van der Waals surface area contributed by atoms with Crippen molar-refractivity contribution in [2.45, 2.75) is 51.4 Å². The molecule has 7 heteroatoms. The van der Waals surface area contributed by atoms with Gasteiger partial charge in [-0.2, -0.15) is 0 Å². The Bertz CT molecular complexity index is 880. The third kappa shape index (κ3) is 7.72. The molecule has 2 N–H and O–H groups in total. The molecule has 3 atom stereocenters. The number of hydrogen-bond acceptors (Lipinski definition) is 6. The Morgan fingerprint density at radius 3 is 2.38 bits per heavy atom. The van der Waals surface area contributed by atoms with Gasteiger partial charge in [-0.1, -0.05) is 42.5 Å². The highest BCUT2D eigenvalue weighted by Crippen LogP contribution is 2.34. The van der Waals surface area contributed by atoms with Gasteiger partial charge in [-0.15, -0.1) is 0 Å². The van der Waals surface area contributed by atoms with Crippen molar-refractivity contribution >= 4 is 6.09 Å². The maximum atomic E-state index is 12.4. The summed E-state index contributed by atoms with van der Waals surface area (Å²) in [7, 11) is 0. The van der Waals surface area contributed by atoms with Gasteiger partial charge in [0.25, 0.3) is 0 Å². The molecule has 1 fully saturated rings. The van der Waals surface area contributed by atoms with Crippen molar-refractivity contribution in [1.29, 1.82) is 0 Å². The van der Waals surface area contributed by atoms with Gasteiger partial charge in [0.2, 0.25) is 0 Å². The monoisotopic (exact) mass is 471 g/mol. The largest absolute Gasteiger partial charge is 0.494 e. The molecular formula is C27H37NO6.